The van der Waals surface area contributed by atoms with Crippen molar-refractivity contribution in [3.05, 3.63) is 34.6 Å². The van der Waals surface area contributed by atoms with Crippen molar-refractivity contribution >= 4 is 11.6 Å². The average molecular weight is 247 g/mol. The molecule has 0 amide bonds. The number of rotatable bonds is 6. The van der Waals surface area contributed by atoms with E-state index in [2.05, 4.69) is 5.43 Å². The van der Waals surface area contributed by atoms with E-state index in [0.717, 1.165) is 18.4 Å². The van der Waals surface area contributed by atoms with E-state index in [1.165, 1.54) is 12.1 Å². The van der Waals surface area contributed by atoms with Gasteiger partial charge in [0, 0.05) is 24.8 Å². The second-order valence-corrected chi connectivity index (χ2v) is 3.93. The van der Waals surface area contributed by atoms with Crippen LogP contribution in [0.3, 0.4) is 0 Å². The van der Waals surface area contributed by atoms with Crippen molar-refractivity contribution in [1.82, 2.24) is 5.43 Å². The molecule has 0 fully saturated rings. The zero-order valence-corrected chi connectivity index (χ0v) is 9.93. The quantitative estimate of drug-likeness (QED) is 0.460. The molecule has 3 N–H and O–H groups in total. The lowest BCUT2D eigenvalue weighted by Gasteiger charge is -2.17. The summed E-state index contributed by atoms with van der Waals surface area (Å²) in [6.07, 6.45) is 1.65. The third kappa shape index (κ3) is 3.72. The van der Waals surface area contributed by atoms with Gasteiger partial charge in [-0.25, -0.2) is 4.39 Å². The van der Waals surface area contributed by atoms with E-state index in [0.29, 0.717) is 11.6 Å². The van der Waals surface area contributed by atoms with Crippen molar-refractivity contribution in [3.63, 3.8) is 0 Å². The highest BCUT2D eigenvalue weighted by molar-refractivity contribution is 6.31. The minimum Gasteiger partial charge on any atom is -0.385 e. The summed E-state index contributed by atoms with van der Waals surface area (Å²) in [5.74, 6) is 5.10. The van der Waals surface area contributed by atoms with Gasteiger partial charge in [0.1, 0.15) is 5.82 Å². The van der Waals surface area contributed by atoms with E-state index in [9.17, 15) is 4.39 Å². The maximum Gasteiger partial charge on any atom is 0.124 e. The van der Waals surface area contributed by atoms with Crippen LogP contribution in [0.15, 0.2) is 18.2 Å². The number of hydrogen-bond donors (Lipinski definition) is 2. The van der Waals surface area contributed by atoms with Crippen LogP contribution in [0.2, 0.25) is 5.02 Å². The van der Waals surface area contributed by atoms with Crippen LogP contribution < -0.4 is 11.3 Å². The van der Waals surface area contributed by atoms with Crippen molar-refractivity contribution < 1.29 is 9.13 Å². The van der Waals surface area contributed by atoms with Crippen LogP contribution in [-0.2, 0) is 4.74 Å². The van der Waals surface area contributed by atoms with E-state index in [-0.39, 0.29) is 11.9 Å². The van der Waals surface area contributed by atoms with Crippen molar-refractivity contribution in [3.8, 4) is 0 Å². The van der Waals surface area contributed by atoms with Gasteiger partial charge >= 0.3 is 0 Å². The maximum absolute atomic E-state index is 12.9. The Hall–Kier alpha value is -0.680. The molecule has 1 atom stereocenters. The topological polar surface area (TPSA) is 47.3 Å². The zero-order chi connectivity index (χ0) is 12.0. The summed E-state index contributed by atoms with van der Waals surface area (Å²) in [4.78, 5) is 0. The summed E-state index contributed by atoms with van der Waals surface area (Å²) in [6.45, 7) is 0.664. The minimum absolute atomic E-state index is 0.0803. The minimum atomic E-state index is -0.346. The molecule has 1 rings (SSSR count). The lowest BCUT2D eigenvalue weighted by molar-refractivity contribution is 0.189. The Labute approximate surface area is 99.7 Å². The first-order valence-electron chi connectivity index (χ1n) is 5.09. The molecule has 0 saturated heterocycles. The molecule has 0 aliphatic rings. The molecule has 0 heterocycles. The third-order valence-corrected chi connectivity index (χ3v) is 2.71. The number of ether oxygens (including phenoxy) is 1. The molecule has 3 nitrogen and oxygen atoms in total. The number of nitrogens with two attached hydrogens (primary N) is 1. The molecule has 1 unspecified atom stereocenters. The van der Waals surface area contributed by atoms with E-state index < -0.39 is 0 Å². The molecule has 0 aliphatic heterocycles. The summed E-state index contributed by atoms with van der Waals surface area (Å²) in [6, 6.07) is 4.23. The van der Waals surface area contributed by atoms with Crippen LogP contribution in [0, 0.1) is 5.82 Å². The van der Waals surface area contributed by atoms with Crippen LogP contribution in [0.5, 0.6) is 0 Å². The molecule has 1 aromatic carbocycles. The number of benzene rings is 1. The first-order valence-corrected chi connectivity index (χ1v) is 5.47. The van der Waals surface area contributed by atoms with E-state index >= 15 is 0 Å². The van der Waals surface area contributed by atoms with Gasteiger partial charge in [-0.05, 0) is 30.5 Å². The maximum atomic E-state index is 12.9. The van der Waals surface area contributed by atoms with Crippen molar-refractivity contribution in [2.45, 2.75) is 18.9 Å². The standard InChI is InChI=1S/C11H16ClFN2O/c1-16-6-2-3-11(15-14)9-5-4-8(13)7-10(9)12/h4-5,7,11,15H,2-3,6,14H2,1H3. The van der Waals surface area contributed by atoms with Crippen LogP contribution >= 0.6 is 11.6 Å². The first-order chi connectivity index (χ1) is 7.69. The molecule has 0 bridgehead atoms. The SMILES string of the molecule is COCCCC(NN)c1ccc(F)cc1Cl. The number of methoxy groups -OCH3 is 1. The lowest BCUT2D eigenvalue weighted by atomic mass is 10.0. The highest BCUT2D eigenvalue weighted by atomic mass is 35.5. The molecule has 0 saturated carbocycles. The molecule has 5 heteroatoms. The Morgan fingerprint density at radius 3 is 2.88 bits per heavy atom. The van der Waals surface area contributed by atoms with Gasteiger partial charge in [-0.15, -0.1) is 0 Å². The molecule has 90 valence electrons. The molecular weight excluding hydrogens is 231 g/mol. The van der Waals surface area contributed by atoms with Gasteiger partial charge in [0.15, 0.2) is 0 Å². The van der Waals surface area contributed by atoms with Gasteiger partial charge in [-0.3, -0.25) is 11.3 Å². The van der Waals surface area contributed by atoms with Crippen molar-refractivity contribution in [2.75, 3.05) is 13.7 Å². The second kappa shape index (κ2) is 6.81. The highest BCUT2D eigenvalue weighted by Gasteiger charge is 2.13. The Balaban J connectivity index is 2.70. The van der Waals surface area contributed by atoms with Gasteiger partial charge < -0.3 is 4.74 Å². The van der Waals surface area contributed by atoms with E-state index in [1.54, 1.807) is 13.2 Å². The molecule has 0 radical (unpaired) electrons. The summed E-state index contributed by atoms with van der Waals surface area (Å²) < 4.78 is 17.8. The Kier molecular flexibility index (Phi) is 5.69. The third-order valence-electron chi connectivity index (χ3n) is 2.38. The number of halogens is 2. The molecule has 0 spiro atoms. The highest BCUT2D eigenvalue weighted by Crippen LogP contribution is 2.26. The molecular formula is C11H16ClFN2O. The monoisotopic (exact) mass is 246 g/mol. The fraction of sp³-hybridized carbons (Fsp3) is 0.455. The number of hydrogen-bond acceptors (Lipinski definition) is 3. The van der Waals surface area contributed by atoms with Gasteiger partial charge in [0.05, 0.1) is 0 Å². The predicted molar refractivity (Wildman–Crippen MR) is 62.6 cm³/mol. The average Bonchev–Trinajstić information content (AvgIpc) is 2.26. The first kappa shape index (κ1) is 13.4. The largest absolute Gasteiger partial charge is 0.385 e. The van der Waals surface area contributed by atoms with Crippen LogP contribution in [0.1, 0.15) is 24.4 Å². The van der Waals surface area contributed by atoms with Gasteiger partial charge in [0.2, 0.25) is 0 Å². The van der Waals surface area contributed by atoms with Gasteiger partial charge in [-0.1, -0.05) is 17.7 Å². The Morgan fingerprint density at radius 1 is 1.56 bits per heavy atom. The Bertz CT molecular complexity index is 336. The van der Waals surface area contributed by atoms with Crippen molar-refractivity contribution in [2.24, 2.45) is 5.84 Å². The van der Waals surface area contributed by atoms with E-state index in [1.807, 2.05) is 0 Å². The smallest absolute Gasteiger partial charge is 0.124 e. The number of nitrogens with one attached hydrogen (secondary N) is 1. The fourth-order valence-electron chi connectivity index (χ4n) is 1.54. The number of hydrazine groups is 1. The molecule has 0 aliphatic carbocycles. The zero-order valence-electron chi connectivity index (χ0n) is 9.17. The van der Waals surface area contributed by atoms with Gasteiger partial charge in [-0.2, -0.15) is 0 Å². The summed E-state index contributed by atoms with van der Waals surface area (Å²) in [5.41, 5.74) is 3.48. The summed E-state index contributed by atoms with van der Waals surface area (Å²) >= 11 is 5.95. The van der Waals surface area contributed by atoms with Crippen molar-refractivity contribution in [1.29, 1.82) is 0 Å². The van der Waals surface area contributed by atoms with Crippen LogP contribution in [0.25, 0.3) is 0 Å². The van der Waals surface area contributed by atoms with E-state index in [4.69, 9.17) is 22.2 Å². The molecule has 1 aromatic rings. The van der Waals surface area contributed by atoms with Gasteiger partial charge in [0.25, 0.3) is 0 Å². The van der Waals surface area contributed by atoms with Crippen LogP contribution in [-0.4, -0.2) is 13.7 Å². The normalized spacial score (nSPS) is 12.8. The molecule has 16 heavy (non-hydrogen) atoms. The Morgan fingerprint density at radius 2 is 2.31 bits per heavy atom. The fourth-order valence-corrected chi connectivity index (χ4v) is 1.84. The summed E-state index contributed by atoms with van der Waals surface area (Å²) in [5, 5.41) is 0.389. The van der Waals surface area contributed by atoms with Crippen LogP contribution in [0.4, 0.5) is 4.39 Å². The second-order valence-electron chi connectivity index (χ2n) is 3.52. The lowest BCUT2D eigenvalue weighted by Crippen LogP contribution is -2.28. The molecule has 0 aromatic heterocycles. The summed E-state index contributed by atoms with van der Waals surface area (Å²) in [7, 11) is 1.65. The predicted octanol–water partition coefficient (Wildman–Crippen LogP) is 2.41.